The SMILES string of the molecule is COc1ccccc1N1CCN(CCOC(=O)Cc2csc(NC(=O)c3cc(C(C)(C)C)c(O)c(C(C)(C)C)c3)n2)CC1. The standard InChI is InChI=1S/C33H44N4O5S/c1-32(2,3)24-18-22(19-25(29(24)39)33(4,5)6)30(40)35-31-34-23(21-43-31)20-28(38)42-17-16-36-12-14-37(15-13-36)26-10-8-9-11-27(26)41-7/h8-11,18-19,21,39H,12-17,20H2,1-7H3,(H,34,35,40). The van der Waals surface area contributed by atoms with Crippen molar-refractivity contribution in [2.24, 2.45) is 0 Å². The van der Waals surface area contributed by atoms with Crippen LogP contribution in [-0.4, -0.2) is 73.3 Å². The van der Waals surface area contributed by atoms with Crippen molar-refractivity contribution < 1.29 is 24.2 Å². The number of thiazole rings is 1. The van der Waals surface area contributed by atoms with Crippen molar-refractivity contribution in [2.75, 3.05) is 56.7 Å². The molecule has 9 nitrogen and oxygen atoms in total. The number of nitrogens with zero attached hydrogens (tertiary/aromatic N) is 3. The number of piperazine rings is 1. The van der Waals surface area contributed by atoms with Gasteiger partial charge < -0.3 is 19.5 Å². The van der Waals surface area contributed by atoms with Gasteiger partial charge in [-0.25, -0.2) is 4.98 Å². The fourth-order valence-corrected chi connectivity index (χ4v) is 5.82. The van der Waals surface area contributed by atoms with Gasteiger partial charge in [-0.2, -0.15) is 0 Å². The number of ether oxygens (including phenoxy) is 2. The van der Waals surface area contributed by atoms with E-state index in [0.29, 0.717) is 40.7 Å². The minimum atomic E-state index is -0.348. The number of carbonyl (C=O) groups is 2. The van der Waals surface area contributed by atoms with Crippen LogP contribution < -0.4 is 15.0 Å². The fourth-order valence-electron chi connectivity index (χ4n) is 5.11. The van der Waals surface area contributed by atoms with Crippen molar-refractivity contribution in [2.45, 2.75) is 58.8 Å². The Morgan fingerprint density at radius 1 is 1.00 bits per heavy atom. The average Bonchev–Trinajstić information content (AvgIpc) is 3.38. The highest BCUT2D eigenvalue weighted by molar-refractivity contribution is 7.14. The Balaban J connectivity index is 1.26. The van der Waals surface area contributed by atoms with Crippen LogP contribution in [-0.2, 0) is 26.8 Å². The van der Waals surface area contributed by atoms with Crippen molar-refractivity contribution in [1.29, 1.82) is 0 Å². The molecule has 0 unspecified atom stereocenters. The Kier molecular flexibility index (Phi) is 10.0. The fraction of sp³-hybridized carbons (Fsp3) is 0.485. The van der Waals surface area contributed by atoms with Crippen molar-refractivity contribution in [1.82, 2.24) is 9.88 Å². The van der Waals surface area contributed by atoms with Crippen LogP contribution in [0.25, 0.3) is 0 Å². The average molecular weight is 609 g/mol. The number of carbonyl (C=O) groups excluding carboxylic acids is 2. The minimum absolute atomic E-state index is 0.0372. The largest absolute Gasteiger partial charge is 0.507 e. The van der Waals surface area contributed by atoms with Gasteiger partial charge in [0.1, 0.15) is 18.1 Å². The second-order valence-electron chi connectivity index (χ2n) is 12.9. The summed E-state index contributed by atoms with van der Waals surface area (Å²) in [7, 11) is 1.69. The number of esters is 1. The van der Waals surface area contributed by atoms with Crippen molar-refractivity contribution in [3.8, 4) is 11.5 Å². The maximum atomic E-state index is 13.2. The highest BCUT2D eigenvalue weighted by Gasteiger charge is 2.28. The van der Waals surface area contributed by atoms with Gasteiger partial charge in [0.2, 0.25) is 0 Å². The third-order valence-corrected chi connectivity index (χ3v) is 8.36. The van der Waals surface area contributed by atoms with Crippen molar-refractivity contribution in [3.05, 3.63) is 64.2 Å². The number of para-hydroxylation sites is 2. The van der Waals surface area contributed by atoms with E-state index in [9.17, 15) is 14.7 Å². The number of rotatable bonds is 9. The number of benzene rings is 2. The number of anilines is 2. The smallest absolute Gasteiger partial charge is 0.311 e. The first kappa shape index (κ1) is 32.3. The maximum absolute atomic E-state index is 13.2. The summed E-state index contributed by atoms with van der Waals surface area (Å²) < 4.78 is 11.0. The van der Waals surface area contributed by atoms with Crippen LogP contribution >= 0.6 is 11.3 Å². The summed E-state index contributed by atoms with van der Waals surface area (Å²) in [6, 6.07) is 11.5. The third kappa shape index (κ3) is 8.26. The van der Waals surface area contributed by atoms with Crippen LogP contribution in [0.1, 0.15) is 68.7 Å². The van der Waals surface area contributed by atoms with E-state index < -0.39 is 0 Å². The molecular weight excluding hydrogens is 564 g/mol. The molecule has 0 radical (unpaired) electrons. The quantitative estimate of drug-likeness (QED) is 0.302. The van der Waals surface area contributed by atoms with Crippen LogP contribution in [0.15, 0.2) is 41.8 Å². The summed E-state index contributed by atoms with van der Waals surface area (Å²) in [6.45, 7) is 16.5. The van der Waals surface area contributed by atoms with Gasteiger partial charge in [0.05, 0.1) is 24.9 Å². The molecule has 2 heterocycles. The molecule has 232 valence electrons. The normalized spacial score (nSPS) is 14.4. The summed E-state index contributed by atoms with van der Waals surface area (Å²) >= 11 is 1.26. The molecule has 1 saturated heterocycles. The van der Waals surface area contributed by atoms with E-state index in [2.05, 4.69) is 26.2 Å². The van der Waals surface area contributed by atoms with Crippen LogP contribution in [0.5, 0.6) is 11.5 Å². The number of phenolic OH excluding ortho intramolecular Hbond substituents is 1. The van der Waals surface area contributed by atoms with Gasteiger partial charge >= 0.3 is 5.97 Å². The first-order valence-corrected chi connectivity index (χ1v) is 15.5. The monoisotopic (exact) mass is 608 g/mol. The first-order valence-electron chi connectivity index (χ1n) is 14.7. The van der Waals surface area contributed by atoms with E-state index in [0.717, 1.165) is 37.6 Å². The van der Waals surface area contributed by atoms with Gasteiger partial charge in [0.25, 0.3) is 5.91 Å². The highest BCUT2D eigenvalue weighted by Crippen LogP contribution is 2.40. The zero-order chi connectivity index (χ0) is 31.4. The summed E-state index contributed by atoms with van der Waals surface area (Å²) in [5, 5.41) is 16.0. The van der Waals surface area contributed by atoms with E-state index >= 15 is 0 Å². The van der Waals surface area contributed by atoms with E-state index in [1.807, 2.05) is 59.7 Å². The minimum Gasteiger partial charge on any atom is -0.507 e. The van der Waals surface area contributed by atoms with Gasteiger partial charge in [-0.15, -0.1) is 11.3 Å². The number of aromatic nitrogens is 1. The molecule has 10 heteroatoms. The topological polar surface area (TPSA) is 104 Å². The Morgan fingerprint density at radius 3 is 2.23 bits per heavy atom. The maximum Gasteiger partial charge on any atom is 0.311 e. The molecule has 0 saturated carbocycles. The Hall–Kier alpha value is -3.63. The first-order chi connectivity index (χ1) is 20.3. The molecule has 0 aliphatic carbocycles. The summed E-state index contributed by atoms with van der Waals surface area (Å²) in [4.78, 5) is 34.7. The Labute approximate surface area is 258 Å². The van der Waals surface area contributed by atoms with Crippen LogP contribution in [0.3, 0.4) is 0 Å². The highest BCUT2D eigenvalue weighted by atomic mass is 32.1. The number of hydrogen-bond donors (Lipinski definition) is 2. The van der Waals surface area contributed by atoms with E-state index in [1.54, 1.807) is 24.6 Å². The summed E-state index contributed by atoms with van der Waals surface area (Å²) in [6.07, 6.45) is 0.0372. The van der Waals surface area contributed by atoms with Gasteiger partial charge in [-0.3, -0.25) is 19.8 Å². The molecule has 43 heavy (non-hydrogen) atoms. The molecule has 2 N–H and O–H groups in total. The molecule has 1 aromatic heterocycles. The van der Waals surface area contributed by atoms with Gasteiger partial charge in [0.15, 0.2) is 5.13 Å². The molecule has 0 bridgehead atoms. The van der Waals surface area contributed by atoms with Gasteiger partial charge in [-0.1, -0.05) is 53.7 Å². The predicted octanol–water partition coefficient (Wildman–Crippen LogP) is 5.61. The Morgan fingerprint density at radius 2 is 1.63 bits per heavy atom. The number of aromatic hydroxyl groups is 1. The zero-order valence-electron chi connectivity index (χ0n) is 26.3. The van der Waals surface area contributed by atoms with Gasteiger partial charge in [0, 0.05) is 54.8 Å². The number of phenols is 1. The van der Waals surface area contributed by atoms with Crippen molar-refractivity contribution in [3.63, 3.8) is 0 Å². The van der Waals surface area contributed by atoms with Crippen molar-refractivity contribution >= 4 is 34.0 Å². The van der Waals surface area contributed by atoms with E-state index in [-0.39, 0.29) is 34.9 Å². The number of methoxy groups -OCH3 is 1. The second-order valence-corrected chi connectivity index (χ2v) is 13.8. The summed E-state index contributed by atoms with van der Waals surface area (Å²) in [5.41, 5.74) is 2.83. The number of nitrogens with one attached hydrogen (secondary N) is 1. The molecule has 1 aliphatic heterocycles. The molecule has 4 rings (SSSR count). The second kappa shape index (κ2) is 13.3. The van der Waals surface area contributed by atoms with Crippen LogP contribution in [0, 0.1) is 0 Å². The lowest BCUT2D eigenvalue weighted by Crippen LogP contribution is -2.47. The number of amides is 1. The lowest BCUT2D eigenvalue weighted by molar-refractivity contribution is -0.143. The van der Waals surface area contributed by atoms with Gasteiger partial charge in [-0.05, 0) is 35.1 Å². The Bertz CT molecular complexity index is 1400. The molecule has 1 fully saturated rings. The van der Waals surface area contributed by atoms with E-state index in [1.165, 1.54) is 11.3 Å². The lowest BCUT2D eigenvalue weighted by atomic mass is 9.78. The van der Waals surface area contributed by atoms with Crippen LogP contribution in [0.4, 0.5) is 10.8 Å². The predicted molar refractivity (Wildman–Crippen MR) is 172 cm³/mol. The zero-order valence-corrected chi connectivity index (χ0v) is 27.1. The molecule has 1 aliphatic rings. The van der Waals surface area contributed by atoms with Crippen LogP contribution in [0.2, 0.25) is 0 Å². The molecular formula is C33H44N4O5S. The van der Waals surface area contributed by atoms with E-state index in [4.69, 9.17) is 9.47 Å². The lowest BCUT2D eigenvalue weighted by Gasteiger charge is -2.36. The molecule has 3 aromatic rings. The third-order valence-electron chi connectivity index (χ3n) is 7.55. The molecule has 0 atom stereocenters. The molecule has 1 amide bonds. The molecule has 2 aromatic carbocycles. The summed E-state index contributed by atoms with van der Waals surface area (Å²) in [5.74, 6) is 0.435. The molecule has 0 spiro atoms. The number of hydrogen-bond acceptors (Lipinski definition) is 9.